The van der Waals surface area contributed by atoms with Gasteiger partial charge in [0, 0.05) is 44.5 Å². The van der Waals surface area contributed by atoms with Crippen molar-refractivity contribution >= 4 is 0 Å². The Labute approximate surface area is 145 Å². The van der Waals surface area contributed by atoms with Crippen LogP contribution in [0.25, 0.3) is 0 Å². The lowest BCUT2D eigenvalue weighted by molar-refractivity contribution is -0.286. The van der Waals surface area contributed by atoms with E-state index in [9.17, 15) is 5.11 Å². The van der Waals surface area contributed by atoms with Crippen molar-refractivity contribution < 1.29 is 24.1 Å². The zero-order chi connectivity index (χ0) is 17.5. The summed E-state index contributed by atoms with van der Waals surface area (Å²) in [6.07, 6.45) is 1.27. The normalized spacial score (nSPS) is 54.0. The highest BCUT2D eigenvalue weighted by atomic mass is 16.7. The van der Waals surface area contributed by atoms with Crippen LogP contribution in [0.4, 0.5) is 0 Å². The Bertz CT molecular complexity index is 518. The van der Waals surface area contributed by atoms with E-state index in [-0.39, 0.29) is 35.4 Å². The van der Waals surface area contributed by atoms with Crippen LogP contribution in [0.1, 0.15) is 40.5 Å². The van der Waals surface area contributed by atoms with E-state index < -0.39 is 11.6 Å². The summed E-state index contributed by atoms with van der Waals surface area (Å²) in [5.41, 5.74) is -0.246. The number of rotatable bonds is 5. The van der Waals surface area contributed by atoms with Gasteiger partial charge in [0.2, 0.25) is 0 Å². The highest BCUT2D eigenvalue weighted by Crippen LogP contribution is 2.78. The summed E-state index contributed by atoms with van der Waals surface area (Å²) < 4.78 is 24.9. The Balaban J connectivity index is 1.87. The molecule has 1 aliphatic heterocycles. The Kier molecular flexibility index (Phi) is 3.71. The molecule has 0 amide bonds. The van der Waals surface area contributed by atoms with Crippen LogP contribution in [-0.2, 0) is 18.9 Å². The maximum atomic E-state index is 11.1. The molecule has 2 bridgehead atoms. The molecule has 1 heterocycles. The molecule has 4 aliphatic rings. The highest BCUT2D eigenvalue weighted by Gasteiger charge is 2.86. The summed E-state index contributed by atoms with van der Waals surface area (Å²) in [5.74, 6) is -0.257. The number of hydrogen-bond donors (Lipinski definition) is 1. The van der Waals surface area contributed by atoms with Crippen LogP contribution >= 0.6 is 0 Å². The smallest absolute Gasteiger partial charge is 0.179 e. The first kappa shape index (κ1) is 17.2. The minimum absolute atomic E-state index is 0.0103. The van der Waals surface area contributed by atoms with E-state index in [2.05, 4.69) is 20.8 Å². The molecular formula is C19H32O5. The second-order valence-corrected chi connectivity index (χ2v) is 8.74. The van der Waals surface area contributed by atoms with Gasteiger partial charge in [-0.25, -0.2) is 0 Å². The van der Waals surface area contributed by atoms with Crippen LogP contribution in [0, 0.1) is 35.0 Å². The Morgan fingerprint density at radius 1 is 1.25 bits per heavy atom. The molecule has 3 saturated carbocycles. The standard InChI is InChI=1S/C19H32O5/c1-7-23-18-9-12-17(4)13(20)8-11(10(2)3)15(24-18)14(17)16(18)19(12,21-5)22-6/h10-16,20H,7-9H2,1-6H3/t11-,12-,13-,14-,15+,16-,17-,18-/m0/s1. The van der Waals surface area contributed by atoms with Crippen LogP contribution in [0.5, 0.6) is 0 Å². The Morgan fingerprint density at radius 2 is 1.92 bits per heavy atom. The quantitative estimate of drug-likeness (QED) is 0.779. The molecule has 1 N–H and O–H groups in total. The van der Waals surface area contributed by atoms with Gasteiger partial charge < -0.3 is 24.1 Å². The third kappa shape index (κ3) is 1.64. The van der Waals surface area contributed by atoms with E-state index in [1.165, 1.54) is 0 Å². The van der Waals surface area contributed by atoms with Gasteiger partial charge in [-0.2, -0.15) is 0 Å². The molecule has 8 atom stereocenters. The number of methoxy groups -OCH3 is 2. The summed E-state index contributed by atoms with van der Waals surface area (Å²) in [4.78, 5) is 0. The van der Waals surface area contributed by atoms with Crippen molar-refractivity contribution in [3.05, 3.63) is 0 Å². The molecule has 0 aromatic rings. The second kappa shape index (κ2) is 5.17. The topological polar surface area (TPSA) is 57.2 Å². The van der Waals surface area contributed by atoms with Crippen molar-refractivity contribution in [3.8, 4) is 0 Å². The number of fused-ring (bicyclic) bond motifs is 2. The van der Waals surface area contributed by atoms with Gasteiger partial charge in [0.1, 0.15) is 0 Å². The predicted molar refractivity (Wildman–Crippen MR) is 88.1 cm³/mol. The molecule has 0 spiro atoms. The van der Waals surface area contributed by atoms with Gasteiger partial charge in [-0.05, 0) is 25.2 Å². The third-order valence-electron chi connectivity index (χ3n) is 7.92. The first-order valence-electron chi connectivity index (χ1n) is 9.42. The number of aliphatic hydroxyl groups is 1. The average Bonchev–Trinajstić information content (AvgIpc) is 3.06. The van der Waals surface area contributed by atoms with Crippen LogP contribution in [0.3, 0.4) is 0 Å². The van der Waals surface area contributed by atoms with Crippen LogP contribution in [0.2, 0.25) is 0 Å². The van der Waals surface area contributed by atoms with Gasteiger partial charge in [-0.3, -0.25) is 0 Å². The summed E-state index contributed by atoms with van der Waals surface area (Å²) in [6, 6.07) is 0. The van der Waals surface area contributed by atoms with Crippen molar-refractivity contribution in [3.63, 3.8) is 0 Å². The van der Waals surface area contributed by atoms with E-state index in [0.717, 1.165) is 12.8 Å². The fourth-order valence-electron chi connectivity index (χ4n) is 6.97. The minimum Gasteiger partial charge on any atom is -0.393 e. The fraction of sp³-hybridized carbons (Fsp3) is 1.00. The lowest BCUT2D eigenvalue weighted by Gasteiger charge is -2.50. The lowest BCUT2D eigenvalue weighted by Crippen LogP contribution is -2.54. The first-order valence-corrected chi connectivity index (χ1v) is 9.42. The fourth-order valence-corrected chi connectivity index (χ4v) is 6.97. The molecule has 5 nitrogen and oxygen atoms in total. The summed E-state index contributed by atoms with van der Waals surface area (Å²) in [5, 5.41) is 11.1. The predicted octanol–water partition coefficient (Wildman–Crippen LogP) is 2.42. The zero-order valence-corrected chi connectivity index (χ0v) is 15.7. The van der Waals surface area contributed by atoms with E-state index >= 15 is 0 Å². The van der Waals surface area contributed by atoms with Gasteiger partial charge in [0.25, 0.3) is 0 Å². The molecule has 5 heteroatoms. The molecule has 0 aromatic heterocycles. The molecule has 4 fully saturated rings. The largest absolute Gasteiger partial charge is 0.393 e. The van der Waals surface area contributed by atoms with E-state index in [4.69, 9.17) is 18.9 Å². The van der Waals surface area contributed by atoms with Gasteiger partial charge in [0.05, 0.1) is 18.1 Å². The van der Waals surface area contributed by atoms with Crippen molar-refractivity contribution in [2.45, 2.75) is 64.3 Å². The SMILES string of the molecule is CCO[C@]12C[C@@H]3C(OC)(OC)[C@H]1[C@@H]1[C@H](O2)[C@H](C(C)C)C[C@H](O)[C@@]13C. The first-order chi connectivity index (χ1) is 11.3. The van der Waals surface area contributed by atoms with Crippen molar-refractivity contribution in [1.29, 1.82) is 0 Å². The van der Waals surface area contributed by atoms with Crippen molar-refractivity contribution in [1.82, 2.24) is 0 Å². The molecule has 0 radical (unpaired) electrons. The van der Waals surface area contributed by atoms with Gasteiger partial charge in [0.15, 0.2) is 11.6 Å². The summed E-state index contributed by atoms with van der Waals surface area (Å²) in [6.45, 7) is 9.29. The monoisotopic (exact) mass is 340 g/mol. The maximum Gasteiger partial charge on any atom is 0.179 e. The molecule has 138 valence electrons. The molecular weight excluding hydrogens is 308 g/mol. The Hall–Kier alpha value is -0.200. The van der Waals surface area contributed by atoms with Crippen LogP contribution in [-0.4, -0.2) is 49.7 Å². The number of ether oxygens (including phenoxy) is 4. The molecule has 0 unspecified atom stereocenters. The molecule has 0 aromatic carbocycles. The van der Waals surface area contributed by atoms with E-state index in [0.29, 0.717) is 18.4 Å². The van der Waals surface area contributed by atoms with Crippen LogP contribution in [0.15, 0.2) is 0 Å². The molecule has 1 saturated heterocycles. The average molecular weight is 340 g/mol. The second-order valence-electron chi connectivity index (χ2n) is 8.74. The third-order valence-corrected chi connectivity index (χ3v) is 7.92. The number of aliphatic hydroxyl groups excluding tert-OH is 1. The summed E-state index contributed by atoms with van der Waals surface area (Å²) in [7, 11) is 3.44. The maximum absolute atomic E-state index is 11.1. The van der Waals surface area contributed by atoms with Crippen molar-refractivity contribution in [2.24, 2.45) is 35.0 Å². The van der Waals surface area contributed by atoms with E-state index in [1.807, 2.05) is 6.92 Å². The number of hydrogen-bond acceptors (Lipinski definition) is 5. The van der Waals surface area contributed by atoms with E-state index in [1.54, 1.807) is 14.2 Å². The van der Waals surface area contributed by atoms with Gasteiger partial charge in [-0.1, -0.05) is 20.8 Å². The minimum atomic E-state index is -0.726. The summed E-state index contributed by atoms with van der Waals surface area (Å²) >= 11 is 0. The molecule has 4 rings (SSSR count). The lowest BCUT2D eigenvalue weighted by atomic mass is 9.55. The van der Waals surface area contributed by atoms with Gasteiger partial charge in [-0.15, -0.1) is 0 Å². The molecule has 24 heavy (non-hydrogen) atoms. The zero-order valence-electron chi connectivity index (χ0n) is 15.7. The highest BCUT2D eigenvalue weighted by molar-refractivity contribution is 5.28. The van der Waals surface area contributed by atoms with Gasteiger partial charge >= 0.3 is 0 Å². The molecule has 3 aliphatic carbocycles. The Morgan fingerprint density at radius 3 is 2.46 bits per heavy atom. The van der Waals surface area contributed by atoms with Crippen molar-refractivity contribution in [2.75, 3.05) is 20.8 Å². The van der Waals surface area contributed by atoms with Crippen LogP contribution < -0.4 is 0 Å².